The van der Waals surface area contributed by atoms with E-state index in [1.807, 2.05) is 97.1 Å². The number of Topliss-reactive ketones (excluding diaryl/α,β-unsaturated/α-hetero) is 1. The lowest BCUT2D eigenvalue weighted by atomic mass is 9.67. The number of para-hydroxylation sites is 1. The monoisotopic (exact) mass is 530 g/mol. The summed E-state index contributed by atoms with van der Waals surface area (Å²) in [6, 6.07) is 34.0. The van der Waals surface area contributed by atoms with Gasteiger partial charge in [0.15, 0.2) is 0 Å². The quantitative estimate of drug-likeness (QED) is 0.268. The van der Waals surface area contributed by atoms with Gasteiger partial charge in [-0.1, -0.05) is 91.0 Å². The minimum atomic E-state index is -1.43. The second-order valence-electron chi connectivity index (χ2n) is 10.9. The molecule has 2 atom stereocenters. The Labute approximate surface area is 236 Å². The number of ether oxygens (including phenoxy) is 1. The number of benzene rings is 4. The molecule has 1 aliphatic rings. The summed E-state index contributed by atoms with van der Waals surface area (Å²) in [6.07, 6.45) is 1.04. The standard InChI is InChI=1S/C35H34N2O3/c1-25(38)35(27-14-5-4-6-15-27)20-22-37(23-21-35)33(39)34(2,24-36)32(30-17-9-10-19-31(30)40-3)29-18-11-13-26-12-7-8-16-28(26)29/h4-19,32H,20-23H2,1-3H3/t32-,34+/m0/s1. The van der Waals surface area contributed by atoms with Crippen molar-refractivity contribution in [3.63, 3.8) is 0 Å². The first-order chi connectivity index (χ1) is 19.4. The third-order valence-electron chi connectivity index (χ3n) is 8.74. The molecule has 0 aromatic heterocycles. The molecule has 0 unspecified atom stereocenters. The lowest BCUT2D eigenvalue weighted by Gasteiger charge is -2.43. The number of carbonyl (C=O) groups is 2. The molecule has 0 radical (unpaired) electrons. The predicted octanol–water partition coefficient (Wildman–Crippen LogP) is 6.66. The van der Waals surface area contributed by atoms with E-state index in [0.717, 1.165) is 27.5 Å². The highest BCUT2D eigenvalue weighted by Gasteiger charge is 2.49. The van der Waals surface area contributed by atoms with Gasteiger partial charge in [-0.2, -0.15) is 5.26 Å². The molecular formula is C35H34N2O3. The molecule has 202 valence electrons. The number of ketones is 1. The van der Waals surface area contributed by atoms with Gasteiger partial charge < -0.3 is 9.64 Å². The zero-order chi connectivity index (χ0) is 28.3. The van der Waals surface area contributed by atoms with Gasteiger partial charge in [0.2, 0.25) is 5.91 Å². The second-order valence-corrected chi connectivity index (χ2v) is 10.9. The molecule has 0 saturated carbocycles. The Morgan fingerprint density at radius 3 is 2.15 bits per heavy atom. The molecule has 5 rings (SSSR count). The van der Waals surface area contributed by atoms with Crippen LogP contribution in [0, 0.1) is 16.7 Å². The van der Waals surface area contributed by atoms with Crippen LogP contribution in [0.15, 0.2) is 97.1 Å². The van der Waals surface area contributed by atoms with E-state index < -0.39 is 16.7 Å². The van der Waals surface area contributed by atoms with E-state index in [0.29, 0.717) is 31.7 Å². The number of amides is 1. The first-order valence-electron chi connectivity index (χ1n) is 13.7. The van der Waals surface area contributed by atoms with Gasteiger partial charge in [-0.15, -0.1) is 0 Å². The number of hydrogen-bond acceptors (Lipinski definition) is 4. The van der Waals surface area contributed by atoms with Crippen LogP contribution in [0.1, 0.15) is 49.3 Å². The molecule has 1 amide bonds. The highest BCUT2D eigenvalue weighted by Crippen LogP contribution is 2.48. The summed E-state index contributed by atoms with van der Waals surface area (Å²) in [4.78, 5) is 29.2. The highest BCUT2D eigenvalue weighted by molar-refractivity contribution is 5.92. The van der Waals surface area contributed by atoms with Crippen LogP contribution in [0.3, 0.4) is 0 Å². The third kappa shape index (κ3) is 4.54. The van der Waals surface area contributed by atoms with E-state index in [1.54, 1.807) is 25.9 Å². The van der Waals surface area contributed by atoms with Crippen LogP contribution in [-0.2, 0) is 15.0 Å². The van der Waals surface area contributed by atoms with Gasteiger partial charge in [0.1, 0.15) is 16.9 Å². The first-order valence-corrected chi connectivity index (χ1v) is 13.7. The lowest BCUT2D eigenvalue weighted by molar-refractivity contribution is -0.142. The molecule has 0 N–H and O–H groups in total. The SMILES string of the molecule is COc1ccccc1[C@H](c1cccc2ccccc12)[C@@](C)(C#N)C(=O)N1CCC(C(C)=O)(c2ccccc2)CC1. The molecular weight excluding hydrogens is 496 g/mol. The van der Waals surface area contributed by atoms with Crippen LogP contribution in [0.2, 0.25) is 0 Å². The number of nitriles is 1. The van der Waals surface area contributed by atoms with Gasteiger partial charge >= 0.3 is 0 Å². The molecule has 4 aromatic rings. The molecule has 5 heteroatoms. The summed E-state index contributed by atoms with van der Waals surface area (Å²) in [7, 11) is 1.61. The van der Waals surface area contributed by atoms with Crippen LogP contribution in [0.25, 0.3) is 10.8 Å². The van der Waals surface area contributed by atoms with E-state index in [9.17, 15) is 14.9 Å². The van der Waals surface area contributed by atoms with Gasteiger partial charge in [-0.25, -0.2) is 0 Å². The smallest absolute Gasteiger partial charge is 0.243 e. The number of nitrogens with zero attached hydrogens (tertiary/aromatic N) is 2. The van der Waals surface area contributed by atoms with E-state index in [1.165, 1.54) is 0 Å². The Bertz CT molecular complexity index is 1580. The largest absolute Gasteiger partial charge is 0.496 e. The number of methoxy groups -OCH3 is 1. The van der Waals surface area contributed by atoms with E-state index >= 15 is 0 Å². The maximum absolute atomic E-state index is 14.5. The van der Waals surface area contributed by atoms with Crippen LogP contribution in [-0.4, -0.2) is 36.8 Å². The van der Waals surface area contributed by atoms with Crippen LogP contribution < -0.4 is 4.74 Å². The number of fused-ring (bicyclic) bond motifs is 1. The van der Waals surface area contributed by atoms with Crippen molar-refractivity contribution in [2.24, 2.45) is 5.41 Å². The van der Waals surface area contributed by atoms with Crippen molar-refractivity contribution in [1.29, 1.82) is 5.26 Å². The number of piperidine rings is 1. The Morgan fingerprint density at radius 2 is 1.48 bits per heavy atom. The van der Waals surface area contributed by atoms with Gasteiger partial charge in [0.25, 0.3) is 0 Å². The summed E-state index contributed by atoms with van der Waals surface area (Å²) >= 11 is 0. The summed E-state index contributed by atoms with van der Waals surface area (Å²) in [5.74, 6) is -0.0746. The van der Waals surface area contributed by atoms with Crippen molar-refractivity contribution < 1.29 is 14.3 Å². The first kappa shape index (κ1) is 27.1. The maximum atomic E-state index is 14.5. The minimum Gasteiger partial charge on any atom is -0.496 e. The molecule has 0 aliphatic carbocycles. The van der Waals surface area contributed by atoms with Crippen molar-refractivity contribution in [3.8, 4) is 11.8 Å². The van der Waals surface area contributed by atoms with Crippen molar-refractivity contribution in [1.82, 2.24) is 4.90 Å². The fourth-order valence-corrected chi connectivity index (χ4v) is 6.45. The zero-order valence-electron chi connectivity index (χ0n) is 23.3. The van der Waals surface area contributed by atoms with Crippen molar-refractivity contribution in [2.45, 2.75) is 38.0 Å². The summed E-state index contributed by atoms with van der Waals surface area (Å²) < 4.78 is 5.76. The third-order valence-corrected chi connectivity index (χ3v) is 8.74. The number of carbonyl (C=O) groups excluding carboxylic acids is 2. The molecule has 40 heavy (non-hydrogen) atoms. The number of likely N-dealkylation sites (tertiary alicyclic amines) is 1. The molecule has 5 nitrogen and oxygen atoms in total. The minimum absolute atomic E-state index is 0.108. The van der Waals surface area contributed by atoms with Gasteiger partial charge in [-0.05, 0) is 54.7 Å². The van der Waals surface area contributed by atoms with Crippen molar-refractivity contribution in [3.05, 3.63) is 114 Å². The zero-order valence-corrected chi connectivity index (χ0v) is 23.3. The fourth-order valence-electron chi connectivity index (χ4n) is 6.45. The Kier molecular flexibility index (Phi) is 7.45. The maximum Gasteiger partial charge on any atom is 0.243 e. The topological polar surface area (TPSA) is 70.4 Å². The van der Waals surface area contributed by atoms with E-state index in [4.69, 9.17) is 4.74 Å². The second kappa shape index (κ2) is 11.0. The lowest BCUT2D eigenvalue weighted by Crippen LogP contribution is -2.53. The molecule has 0 spiro atoms. The van der Waals surface area contributed by atoms with Crippen molar-refractivity contribution in [2.75, 3.05) is 20.2 Å². The fraction of sp³-hybridized carbons (Fsp3) is 0.286. The van der Waals surface area contributed by atoms with Gasteiger partial charge in [0, 0.05) is 24.6 Å². The molecule has 1 aliphatic heterocycles. The van der Waals surface area contributed by atoms with Crippen LogP contribution >= 0.6 is 0 Å². The normalized spacial score (nSPS) is 16.9. The Hall–Kier alpha value is -4.43. The number of hydrogen-bond donors (Lipinski definition) is 0. The predicted molar refractivity (Wildman–Crippen MR) is 157 cm³/mol. The van der Waals surface area contributed by atoms with E-state index in [-0.39, 0.29) is 11.7 Å². The number of rotatable bonds is 7. The highest BCUT2D eigenvalue weighted by atomic mass is 16.5. The average Bonchev–Trinajstić information content (AvgIpc) is 3.01. The van der Waals surface area contributed by atoms with Gasteiger partial charge in [-0.3, -0.25) is 9.59 Å². The van der Waals surface area contributed by atoms with Crippen LogP contribution in [0.4, 0.5) is 0 Å². The Balaban J connectivity index is 1.58. The van der Waals surface area contributed by atoms with E-state index in [2.05, 4.69) is 6.07 Å². The van der Waals surface area contributed by atoms with Crippen LogP contribution in [0.5, 0.6) is 5.75 Å². The molecule has 1 heterocycles. The average molecular weight is 531 g/mol. The summed E-state index contributed by atoms with van der Waals surface area (Å²) in [6.45, 7) is 4.19. The Morgan fingerprint density at radius 1 is 0.875 bits per heavy atom. The summed E-state index contributed by atoms with van der Waals surface area (Å²) in [5.41, 5.74) is 0.623. The molecule has 0 bridgehead atoms. The molecule has 1 fully saturated rings. The molecule has 4 aromatic carbocycles. The molecule has 1 saturated heterocycles. The van der Waals surface area contributed by atoms with Crippen molar-refractivity contribution >= 4 is 22.5 Å². The van der Waals surface area contributed by atoms with Gasteiger partial charge in [0.05, 0.1) is 18.6 Å². The summed E-state index contributed by atoms with van der Waals surface area (Å²) in [5, 5.41) is 12.8.